The first-order chi connectivity index (χ1) is 13.0. The largest absolute Gasteiger partial charge is 0.494 e. The number of aromatic hydroxyl groups is 1. The number of imidazole rings is 1. The average molecular weight is 364 g/mol. The van der Waals surface area contributed by atoms with E-state index in [4.69, 9.17) is 4.74 Å². The van der Waals surface area contributed by atoms with Crippen molar-refractivity contribution in [3.05, 3.63) is 59.0 Å². The third kappa shape index (κ3) is 2.59. The van der Waals surface area contributed by atoms with Crippen molar-refractivity contribution in [2.75, 3.05) is 25.6 Å². The van der Waals surface area contributed by atoms with Crippen molar-refractivity contribution in [1.29, 1.82) is 0 Å². The van der Waals surface area contributed by atoms with Gasteiger partial charge < -0.3 is 14.7 Å². The molecule has 0 aliphatic heterocycles. The number of fused-ring (bicyclic) bond motifs is 3. The molecule has 4 rings (SSSR count). The zero-order valence-electron chi connectivity index (χ0n) is 15.4. The van der Waals surface area contributed by atoms with E-state index in [1.807, 2.05) is 45.3 Å². The summed E-state index contributed by atoms with van der Waals surface area (Å²) in [6, 6.07) is 14.4. The maximum Gasteiger partial charge on any atom is 0.341 e. The van der Waals surface area contributed by atoms with E-state index in [2.05, 4.69) is 4.98 Å². The highest BCUT2D eigenvalue weighted by molar-refractivity contribution is 5.87. The molecule has 0 aliphatic carbocycles. The molecule has 2 aromatic carbocycles. The van der Waals surface area contributed by atoms with E-state index >= 15 is 0 Å². The smallest absolute Gasteiger partial charge is 0.341 e. The van der Waals surface area contributed by atoms with E-state index < -0.39 is 0 Å². The van der Waals surface area contributed by atoms with Crippen molar-refractivity contribution in [3.63, 3.8) is 0 Å². The molecule has 0 atom stereocenters. The molecule has 138 valence electrons. The van der Waals surface area contributed by atoms with Gasteiger partial charge in [0.2, 0.25) is 5.88 Å². The summed E-state index contributed by atoms with van der Waals surface area (Å²) in [4.78, 5) is 19.6. The van der Waals surface area contributed by atoms with Crippen LogP contribution in [0.4, 0.5) is 5.82 Å². The quantitative estimate of drug-likeness (QED) is 0.603. The van der Waals surface area contributed by atoms with Crippen LogP contribution in [0.1, 0.15) is 6.92 Å². The molecule has 2 heterocycles. The molecule has 0 unspecified atom stereocenters. The van der Waals surface area contributed by atoms with Crippen molar-refractivity contribution < 1.29 is 9.84 Å². The minimum Gasteiger partial charge on any atom is -0.494 e. The van der Waals surface area contributed by atoms with E-state index in [9.17, 15) is 9.90 Å². The lowest BCUT2D eigenvalue weighted by atomic mass is 10.3. The van der Waals surface area contributed by atoms with E-state index in [1.165, 1.54) is 8.97 Å². The van der Waals surface area contributed by atoms with Crippen LogP contribution in [0.15, 0.2) is 53.3 Å². The van der Waals surface area contributed by atoms with Crippen molar-refractivity contribution in [2.45, 2.75) is 6.92 Å². The molecule has 0 spiro atoms. The Hall–Kier alpha value is -3.48. The van der Waals surface area contributed by atoms with Crippen LogP contribution in [0.25, 0.3) is 22.2 Å². The zero-order chi connectivity index (χ0) is 19.1. The lowest BCUT2D eigenvalue weighted by molar-refractivity contribution is 0.340. The summed E-state index contributed by atoms with van der Waals surface area (Å²) < 4.78 is 8.24. The minimum absolute atomic E-state index is 0.147. The molecule has 1 N–H and O–H groups in total. The summed E-state index contributed by atoms with van der Waals surface area (Å²) in [5, 5.41) is 10.9. The summed E-state index contributed by atoms with van der Waals surface area (Å²) in [6.45, 7) is 2.47. The summed E-state index contributed by atoms with van der Waals surface area (Å²) >= 11 is 0. The molecule has 7 nitrogen and oxygen atoms in total. The lowest BCUT2D eigenvalue weighted by Crippen LogP contribution is -2.20. The Kier molecular flexibility index (Phi) is 3.99. The molecule has 0 fully saturated rings. The van der Waals surface area contributed by atoms with Gasteiger partial charge in [0.25, 0.3) is 0 Å². The molecule has 0 saturated heterocycles. The second kappa shape index (κ2) is 6.35. The molecule has 7 heteroatoms. The number of benzene rings is 2. The Morgan fingerprint density at radius 3 is 2.48 bits per heavy atom. The first kappa shape index (κ1) is 17.0. The molecular weight excluding hydrogens is 344 g/mol. The summed E-state index contributed by atoms with van der Waals surface area (Å²) in [5.41, 5.74) is 1.90. The fourth-order valence-corrected chi connectivity index (χ4v) is 3.23. The molecule has 0 amide bonds. The van der Waals surface area contributed by atoms with Crippen molar-refractivity contribution >= 4 is 22.4 Å². The van der Waals surface area contributed by atoms with Crippen LogP contribution >= 0.6 is 0 Å². The molecule has 0 bridgehead atoms. The second-order valence-corrected chi connectivity index (χ2v) is 6.37. The van der Waals surface area contributed by atoms with Gasteiger partial charge in [-0.05, 0) is 43.3 Å². The topological polar surface area (TPSA) is 72.0 Å². The number of rotatable bonds is 4. The number of para-hydroxylation sites is 2. The van der Waals surface area contributed by atoms with Gasteiger partial charge in [-0.2, -0.15) is 0 Å². The molecule has 0 aliphatic rings. The molecule has 0 radical (unpaired) electrons. The highest BCUT2D eigenvalue weighted by atomic mass is 16.5. The van der Waals surface area contributed by atoms with Crippen LogP contribution in [-0.4, -0.2) is 39.8 Å². The van der Waals surface area contributed by atoms with Gasteiger partial charge in [0.15, 0.2) is 11.3 Å². The highest BCUT2D eigenvalue weighted by Gasteiger charge is 2.22. The van der Waals surface area contributed by atoms with E-state index in [1.54, 1.807) is 29.2 Å². The monoisotopic (exact) mass is 364 g/mol. The van der Waals surface area contributed by atoms with E-state index in [0.717, 1.165) is 0 Å². The number of hydrogen-bond acceptors (Lipinski definition) is 5. The van der Waals surface area contributed by atoms with Gasteiger partial charge in [0.05, 0.1) is 23.3 Å². The van der Waals surface area contributed by atoms with Gasteiger partial charge in [-0.1, -0.05) is 12.1 Å². The van der Waals surface area contributed by atoms with Gasteiger partial charge in [-0.25, -0.2) is 14.3 Å². The van der Waals surface area contributed by atoms with Gasteiger partial charge in [0, 0.05) is 14.1 Å². The number of ether oxygens (including phenoxy) is 1. The third-order valence-corrected chi connectivity index (χ3v) is 4.42. The predicted molar refractivity (Wildman–Crippen MR) is 105 cm³/mol. The Balaban J connectivity index is 2.07. The maximum atomic E-state index is 13.2. The zero-order valence-corrected chi connectivity index (χ0v) is 15.4. The van der Waals surface area contributed by atoms with Crippen LogP contribution in [0.2, 0.25) is 0 Å². The Morgan fingerprint density at radius 1 is 1.11 bits per heavy atom. The van der Waals surface area contributed by atoms with Gasteiger partial charge >= 0.3 is 5.69 Å². The lowest BCUT2D eigenvalue weighted by Gasteiger charge is -2.14. The fraction of sp³-hybridized carbons (Fsp3) is 0.200. The van der Waals surface area contributed by atoms with Crippen molar-refractivity contribution in [1.82, 2.24) is 14.0 Å². The molecule has 0 saturated carbocycles. The average Bonchev–Trinajstić information content (AvgIpc) is 2.93. The number of anilines is 1. The first-order valence-electron chi connectivity index (χ1n) is 8.68. The van der Waals surface area contributed by atoms with Gasteiger partial charge in [-0.15, -0.1) is 0 Å². The summed E-state index contributed by atoms with van der Waals surface area (Å²) in [5.74, 6) is 1.08. The first-order valence-corrected chi connectivity index (χ1v) is 8.68. The van der Waals surface area contributed by atoms with Crippen LogP contribution in [-0.2, 0) is 0 Å². The Labute approximate surface area is 155 Å². The van der Waals surface area contributed by atoms with Gasteiger partial charge in [-0.3, -0.25) is 4.40 Å². The number of hydrogen-bond donors (Lipinski definition) is 1. The minimum atomic E-state index is -0.353. The predicted octanol–water partition coefficient (Wildman–Crippen LogP) is 2.81. The Morgan fingerprint density at radius 2 is 1.81 bits per heavy atom. The molecular formula is C20H20N4O3. The van der Waals surface area contributed by atoms with Crippen LogP contribution in [0, 0.1) is 0 Å². The summed E-state index contributed by atoms with van der Waals surface area (Å²) in [6.07, 6.45) is 0. The SMILES string of the molecule is CCOc1ccc(-n2c(O)c3c(N(C)C)nc4ccccc4n3c2=O)cc1. The second-order valence-electron chi connectivity index (χ2n) is 6.37. The van der Waals surface area contributed by atoms with Crippen LogP contribution < -0.4 is 15.3 Å². The van der Waals surface area contributed by atoms with Crippen LogP contribution in [0.3, 0.4) is 0 Å². The molecule has 4 aromatic rings. The standard InChI is InChI=1S/C20H20N4O3/c1-4-27-14-11-9-13(10-12-14)23-19(25)17-18(22(2)3)21-15-7-5-6-8-16(15)24(17)20(23)26/h5-12,25H,4H2,1-3H3. The fourth-order valence-electron chi connectivity index (χ4n) is 3.23. The number of nitrogens with zero attached hydrogens (tertiary/aromatic N) is 4. The summed E-state index contributed by atoms with van der Waals surface area (Å²) in [7, 11) is 3.66. The van der Waals surface area contributed by atoms with Gasteiger partial charge in [0.1, 0.15) is 5.75 Å². The van der Waals surface area contributed by atoms with Crippen molar-refractivity contribution in [2.24, 2.45) is 0 Å². The third-order valence-electron chi connectivity index (χ3n) is 4.42. The normalized spacial score (nSPS) is 11.2. The molecule has 27 heavy (non-hydrogen) atoms. The van der Waals surface area contributed by atoms with Crippen LogP contribution in [0.5, 0.6) is 11.6 Å². The highest BCUT2D eigenvalue weighted by Crippen LogP contribution is 2.31. The Bertz CT molecular complexity index is 1190. The van der Waals surface area contributed by atoms with Crippen molar-refractivity contribution in [3.8, 4) is 17.3 Å². The van der Waals surface area contributed by atoms with E-state index in [-0.39, 0.29) is 11.6 Å². The van der Waals surface area contributed by atoms with E-state index in [0.29, 0.717) is 40.4 Å². The maximum absolute atomic E-state index is 13.2. The molecule has 2 aromatic heterocycles. The number of aromatic nitrogens is 3.